The van der Waals surface area contributed by atoms with E-state index in [2.05, 4.69) is 102 Å². The summed E-state index contributed by atoms with van der Waals surface area (Å²) in [5.74, 6) is 0. The lowest BCUT2D eigenvalue weighted by molar-refractivity contribution is 0.883. The Morgan fingerprint density at radius 1 is 0.500 bits per heavy atom. The maximum absolute atomic E-state index is 4.21. The first-order valence-electron chi connectivity index (χ1n) is 7.46. The van der Waals surface area contributed by atoms with Gasteiger partial charge in [0.25, 0.3) is 0 Å². The van der Waals surface area contributed by atoms with E-state index in [4.69, 9.17) is 0 Å². The highest BCUT2D eigenvalue weighted by Gasteiger charge is 2.47. The first kappa shape index (κ1) is 21.7. The second-order valence-electron chi connectivity index (χ2n) is 9.55. The minimum absolute atomic E-state index is 0.334. The van der Waals surface area contributed by atoms with Crippen LogP contribution in [0.4, 0.5) is 0 Å². The molecule has 0 aromatic rings. The Labute approximate surface area is 141 Å². The van der Waals surface area contributed by atoms with Gasteiger partial charge in [0, 0.05) is 0 Å². The number of nitrogens with zero attached hydrogens (tertiary/aromatic N) is 2. The highest BCUT2D eigenvalue weighted by atomic mass is 79.9. The predicted molar refractivity (Wildman–Crippen MR) is 113 cm³/mol. The van der Waals surface area contributed by atoms with Gasteiger partial charge in [0.05, 0.1) is 6.93 Å². The molecule has 0 aromatic carbocycles. The van der Waals surface area contributed by atoms with Gasteiger partial charge in [0.1, 0.15) is 32.9 Å². The van der Waals surface area contributed by atoms with E-state index in [0.29, 0.717) is 0 Å². The Morgan fingerprint density at radius 2 is 0.650 bits per heavy atom. The highest BCUT2D eigenvalue weighted by molar-refractivity contribution is 9.39. The zero-order chi connectivity index (χ0) is 16.7. The minimum atomic E-state index is -1.33. The largest absolute Gasteiger partial charge is 0.305 e. The van der Waals surface area contributed by atoms with Gasteiger partial charge in [0.15, 0.2) is 0 Å². The van der Waals surface area contributed by atoms with Crippen LogP contribution in [0.2, 0.25) is 78.6 Å². The molecule has 0 N–H and O–H groups in total. The smallest absolute Gasteiger partial charge is 0.118 e. The molecule has 0 fully saturated rings. The quantitative estimate of drug-likeness (QED) is 0.347. The molecule has 0 radical (unpaired) electrons. The van der Waals surface area contributed by atoms with Crippen molar-refractivity contribution >= 4 is 55.4 Å². The molecule has 0 spiro atoms. The van der Waals surface area contributed by atoms with Crippen LogP contribution in [0.15, 0.2) is 0 Å². The first-order chi connectivity index (χ1) is 8.40. The van der Waals surface area contributed by atoms with Gasteiger partial charge >= 0.3 is 0 Å². The van der Waals surface area contributed by atoms with Gasteiger partial charge in [-0.2, -0.15) is 0 Å². The summed E-state index contributed by atoms with van der Waals surface area (Å²) in [5.41, 5.74) is 0. The van der Waals surface area contributed by atoms with E-state index in [-0.39, 0.29) is 6.93 Å². The summed E-state index contributed by atoms with van der Waals surface area (Å²) in [6.07, 6.45) is 0. The van der Waals surface area contributed by atoms with E-state index >= 15 is 0 Å². The van der Waals surface area contributed by atoms with E-state index in [1.807, 2.05) is 0 Å². The molecule has 0 heterocycles. The molecular weight excluding hydrogens is 395 g/mol. The van der Waals surface area contributed by atoms with Gasteiger partial charge in [-0.05, 0) is 15.5 Å². The number of halogens is 1. The fourth-order valence-corrected chi connectivity index (χ4v) is 46.6. The molecule has 0 atom stereocenters. The molecule has 0 aromatic heterocycles. The van der Waals surface area contributed by atoms with Crippen LogP contribution in [0.5, 0.6) is 0 Å². The average Bonchev–Trinajstić information content (AvgIpc) is 1.88. The van der Waals surface area contributed by atoms with E-state index in [9.17, 15) is 0 Å². The lowest BCUT2D eigenvalue weighted by Gasteiger charge is -2.55. The van der Waals surface area contributed by atoms with Gasteiger partial charge in [0.2, 0.25) is 0 Å². The summed E-state index contributed by atoms with van der Waals surface area (Å²) in [7, 11) is -5.30. The zero-order valence-corrected chi connectivity index (χ0v) is 22.2. The Kier molecular flexibility index (Phi) is 7.24. The van der Waals surface area contributed by atoms with Crippen molar-refractivity contribution in [1.82, 2.24) is 8.00 Å². The van der Waals surface area contributed by atoms with Gasteiger partial charge in [-0.3, -0.25) is 0 Å². The molecule has 0 amide bonds. The lowest BCUT2D eigenvalue weighted by atomic mass is 11.8. The number of hydrogen-bond acceptors (Lipinski definition) is 2. The topological polar surface area (TPSA) is 6.48 Å². The summed E-state index contributed by atoms with van der Waals surface area (Å²) >= 11 is 4.21. The standard InChI is InChI=1S/C12H36BrN2PSi4/c1-17(2,3)14(18(4,5)6)16(13)15(19(7,8)9)20(10,11)12/h1-12H3. The highest BCUT2D eigenvalue weighted by Crippen LogP contribution is 2.60. The molecule has 0 saturated heterocycles. The summed E-state index contributed by atoms with van der Waals surface area (Å²) in [6.45, 7) is 29.8. The predicted octanol–water partition coefficient (Wildman–Crippen LogP) is 6.55. The molecular formula is C12H36BrN2PSi4. The van der Waals surface area contributed by atoms with Crippen LogP contribution >= 0.6 is 22.4 Å². The van der Waals surface area contributed by atoms with Crippen molar-refractivity contribution in [2.45, 2.75) is 78.6 Å². The van der Waals surface area contributed by atoms with Crippen LogP contribution in [0.25, 0.3) is 0 Å². The van der Waals surface area contributed by atoms with E-state index in [0.717, 1.165) is 0 Å². The van der Waals surface area contributed by atoms with Crippen molar-refractivity contribution in [1.29, 1.82) is 0 Å². The van der Waals surface area contributed by atoms with Crippen molar-refractivity contribution in [2.24, 2.45) is 0 Å². The fraction of sp³-hybridized carbons (Fsp3) is 1.00. The van der Waals surface area contributed by atoms with E-state index in [1.165, 1.54) is 0 Å². The Balaban J connectivity index is 5.81. The Bertz CT molecular complexity index is 268. The van der Waals surface area contributed by atoms with Crippen LogP contribution in [0.1, 0.15) is 0 Å². The van der Waals surface area contributed by atoms with Gasteiger partial charge in [-0.25, -0.2) is 0 Å². The van der Waals surface area contributed by atoms with Gasteiger partial charge in [-0.1, -0.05) is 78.6 Å². The van der Waals surface area contributed by atoms with Crippen LogP contribution < -0.4 is 0 Å². The third-order valence-corrected chi connectivity index (χ3v) is 31.6. The van der Waals surface area contributed by atoms with Crippen LogP contribution in [-0.4, -0.2) is 40.9 Å². The molecule has 0 rings (SSSR count). The van der Waals surface area contributed by atoms with Crippen molar-refractivity contribution < 1.29 is 0 Å². The van der Waals surface area contributed by atoms with E-state index < -0.39 is 32.9 Å². The monoisotopic (exact) mass is 430 g/mol. The van der Waals surface area contributed by atoms with Crippen molar-refractivity contribution in [3.8, 4) is 0 Å². The summed E-state index contributed by atoms with van der Waals surface area (Å²) < 4.78 is 5.93. The molecule has 0 unspecified atom stereocenters. The maximum atomic E-state index is 4.21. The second kappa shape index (κ2) is 6.67. The molecule has 0 bridgehead atoms. The fourth-order valence-electron chi connectivity index (χ4n) is 3.09. The van der Waals surface area contributed by atoms with E-state index in [1.54, 1.807) is 0 Å². The number of rotatable bonds is 6. The summed E-state index contributed by atoms with van der Waals surface area (Å²) in [4.78, 5) is 0. The van der Waals surface area contributed by atoms with Crippen molar-refractivity contribution in [3.05, 3.63) is 0 Å². The molecule has 0 aliphatic heterocycles. The van der Waals surface area contributed by atoms with Crippen molar-refractivity contribution in [2.75, 3.05) is 0 Å². The molecule has 20 heavy (non-hydrogen) atoms. The molecule has 8 heteroatoms. The van der Waals surface area contributed by atoms with Crippen LogP contribution in [-0.2, 0) is 0 Å². The number of hydrogen-bond donors (Lipinski definition) is 0. The average molecular weight is 432 g/mol. The minimum Gasteiger partial charge on any atom is -0.305 e. The van der Waals surface area contributed by atoms with Crippen molar-refractivity contribution in [3.63, 3.8) is 0 Å². The van der Waals surface area contributed by atoms with Gasteiger partial charge in [-0.15, -0.1) is 0 Å². The third-order valence-electron chi connectivity index (χ3n) is 2.87. The summed E-state index contributed by atoms with van der Waals surface area (Å²) in [6, 6.07) is 0. The molecule has 122 valence electrons. The Morgan fingerprint density at radius 3 is 0.750 bits per heavy atom. The van der Waals surface area contributed by atoms with Crippen LogP contribution in [0, 0.1) is 0 Å². The molecule has 2 nitrogen and oxygen atoms in total. The lowest BCUT2D eigenvalue weighted by Crippen LogP contribution is -2.62. The Hall–Kier alpha value is 1.70. The van der Waals surface area contributed by atoms with Crippen LogP contribution in [0.3, 0.4) is 0 Å². The SMILES string of the molecule is C[Si](C)(C)N(P(Br)N([Si](C)(C)C)[Si](C)(C)C)[Si](C)(C)C. The summed E-state index contributed by atoms with van der Waals surface area (Å²) in [5, 5.41) is 0. The zero-order valence-electron chi connectivity index (χ0n) is 15.7. The molecule has 0 aliphatic carbocycles. The second-order valence-corrected chi connectivity index (χ2v) is 34.3. The normalized spacial score (nSPS) is 15.6. The third kappa shape index (κ3) is 6.06. The first-order valence-corrected chi connectivity index (χ1v) is 24.5. The maximum Gasteiger partial charge on any atom is 0.118 e. The van der Waals surface area contributed by atoms with Gasteiger partial charge < -0.3 is 8.00 Å². The molecule has 0 saturated carbocycles. The molecule has 0 aliphatic rings.